The molecule has 5 nitrogen and oxygen atoms in total. The van der Waals surface area contributed by atoms with Crippen LogP contribution < -0.4 is 4.72 Å². The van der Waals surface area contributed by atoms with Crippen LogP contribution in [0.2, 0.25) is 0 Å². The number of benzene rings is 2. The number of fused-ring (bicyclic) bond motifs is 1. The van der Waals surface area contributed by atoms with Crippen molar-refractivity contribution in [2.45, 2.75) is 31.6 Å². The van der Waals surface area contributed by atoms with Gasteiger partial charge in [0.05, 0.1) is 5.75 Å². The second-order valence-corrected chi connectivity index (χ2v) is 6.99. The third-order valence-electron chi connectivity index (χ3n) is 3.37. The highest BCUT2D eigenvalue weighted by atomic mass is 32.2. The average Bonchev–Trinajstić information content (AvgIpc) is 2.46. The molecule has 2 aromatic carbocycles. The van der Waals surface area contributed by atoms with Gasteiger partial charge in [-0.25, -0.2) is 13.1 Å². The Morgan fingerprint density at radius 2 is 1.86 bits per heavy atom. The molecule has 0 heterocycles. The van der Waals surface area contributed by atoms with Crippen molar-refractivity contribution in [3.05, 3.63) is 48.0 Å². The zero-order chi connectivity index (χ0) is 16.2. The first-order chi connectivity index (χ1) is 10.4. The summed E-state index contributed by atoms with van der Waals surface area (Å²) in [5.74, 6) is -1.38. The predicted octanol–water partition coefficient (Wildman–Crippen LogP) is 2.51. The summed E-state index contributed by atoms with van der Waals surface area (Å²) in [6.07, 6.45) is 0.863. The van der Waals surface area contributed by atoms with Gasteiger partial charge in [0, 0.05) is 0 Å². The lowest BCUT2D eigenvalue weighted by Gasteiger charge is -2.14. The molecule has 0 aliphatic rings. The molecular formula is C16H19NO4S. The van der Waals surface area contributed by atoms with Crippen molar-refractivity contribution in [3.8, 4) is 0 Å². The molecule has 0 saturated heterocycles. The molecule has 118 valence electrons. The molecule has 1 atom stereocenters. The van der Waals surface area contributed by atoms with Crippen molar-refractivity contribution >= 4 is 26.8 Å². The maximum Gasteiger partial charge on any atom is 0.321 e. The van der Waals surface area contributed by atoms with Crippen molar-refractivity contribution in [2.24, 2.45) is 0 Å². The summed E-state index contributed by atoms with van der Waals surface area (Å²) in [6.45, 7) is 1.81. The summed E-state index contributed by atoms with van der Waals surface area (Å²) < 4.78 is 26.6. The molecule has 0 radical (unpaired) electrons. The summed E-state index contributed by atoms with van der Waals surface area (Å²) in [5, 5.41) is 11.0. The molecule has 0 saturated carbocycles. The van der Waals surface area contributed by atoms with Crippen LogP contribution in [0.15, 0.2) is 42.5 Å². The van der Waals surface area contributed by atoms with Gasteiger partial charge in [-0.15, -0.1) is 0 Å². The summed E-state index contributed by atoms with van der Waals surface area (Å²) in [5.41, 5.74) is 0.631. The van der Waals surface area contributed by atoms with Crippen molar-refractivity contribution in [3.63, 3.8) is 0 Å². The summed E-state index contributed by atoms with van der Waals surface area (Å²) in [4.78, 5) is 11.1. The van der Waals surface area contributed by atoms with Gasteiger partial charge < -0.3 is 5.11 Å². The molecule has 1 unspecified atom stereocenters. The first-order valence-electron chi connectivity index (χ1n) is 7.12. The Labute approximate surface area is 130 Å². The third-order valence-corrected chi connectivity index (χ3v) is 4.72. The van der Waals surface area contributed by atoms with Gasteiger partial charge in [0.25, 0.3) is 0 Å². The highest BCUT2D eigenvalue weighted by Gasteiger charge is 2.23. The van der Waals surface area contributed by atoms with Gasteiger partial charge >= 0.3 is 5.97 Å². The Bertz CT molecular complexity index is 771. The Balaban J connectivity index is 2.17. The van der Waals surface area contributed by atoms with Crippen molar-refractivity contribution in [2.75, 3.05) is 0 Å². The summed E-state index contributed by atoms with van der Waals surface area (Å²) in [6, 6.07) is 12.0. The van der Waals surface area contributed by atoms with E-state index in [1.165, 1.54) is 0 Å². The molecule has 2 aromatic rings. The second-order valence-electron chi connectivity index (χ2n) is 5.24. The molecule has 0 amide bonds. The molecular weight excluding hydrogens is 302 g/mol. The van der Waals surface area contributed by atoms with Gasteiger partial charge in [0.1, 0.15) is 6.04 Å². The number of rotatable bonds is 7. The van der Waals surface area contributed by atoms with E-state index in [2.05, 4.69) is 4.72 Å². The predicted molar refractivity (Wildman–Crippen MR) is 86.0 cm³/mol. The van der Waals surface area contributed by atoms with Gasteiger partial charge in [-0.1, -0.05) is 55.8 Å². The fourth-order valence-electron chi connectivity index (χ4n) is 2.33. The van der Waals surface area contributed by atoms with E-state index in [-0.39, 0.29) is 12.2 Å². The van der Waals surface area contributed by atoms with E-state index in [9.17, 15) is 13.2 Å². The first kappa shape index (κ1) is 16.5. The lowest BCUT2D eigenvalue weighted by atomic mass is 10.1. The van der Waals surface area contributed by atoms with E-state index >= 15 is 0 Å². The van der Waals surface area contributed by atoms with E-state index in [1.807, 2.05) is 43.3 Å². The number of nitrogens with one attached hydrogen (secondary N) is 1. The number of carboxylic acids is 1. The van der Waals surface area contributed by atoms with Gasteiger partial charge in [0.2, 0.25) is 10.0 Å². The number of hydrogen-bond donors (Lipinski definition) is 2. The van der Waals surface area contributed by atoms with E-state index in [0.717, 1.165) is 10.8 Å². The monoisotopic (exact) mass is 321 g/mol. The van der Waals surface area contributed by atoms with Crippen LogP contribution in [0.25, 0.3) is 10.8 Å². The number of sulfonamides is 1. The van der Waals surface area contributed by atoms with Crippen LogP contribution in [0.3, 0.4) is 0 Å². The molecule has 0 spiro atoms. The minimum Gasteiger partial charge on any atom is -0.480 e. The van der Waals surface area contributed by atoms with E-state index < -0.39 is 22.0 Å². The molecule has 22 heavy (non-hydrogen) atoms. The van der Waals surface area contributed by atoms with Crippen molar-refractivity contribution < 1.29 is 18.3 Å². The lowest BCUT2D eigenvalue weighted by molar-refractivity contribution is -0.139. The maximum atomic E-state index is 12.2. The number of carboxylic acid groups (broad SMARTS) is 1. The SMILES string of the molecule is CCCC(NS(=O)(=O)Cc1ccc2ccccc2c1)C(=O)O. The Morgan fingerprint density at radius 1 is 1.18 bits per heavy atom. The minimum absolute atomic E-state index is 0.231. The van der Waals surface area contributed by atoms with Crippen LogP contribution in [0.1, 0.15) is 25.3 Å². The van der Waals surface area contributed by atoms with Gasteiger partial charge in [-0.05, 0) is 22.8 Å². The van der Waals surface area contributed by atoms with Crippen LogP contribution in [-0.2, 0) is 20.6 Å². The number of aliphatic carboxylic acids is 1. The highest BCUT2D eigenvalue weighted by Crippen LogP contribution is 2.17. The van der Waals surface area contributed by atoms with E-state index in [0.29, 0.717) is 12.0 Å². The van der Waals surface area contributed by atoms with Gasteiger partial charge in [0.15, 0.2) is 0 Å². The Kier molecular flexibility index (Phi) is 5.15. The van der Waals surface area contributed by atoms with Crippen LogP contribution in [0.5, 0.6) is 0 Å². The van der Waals surface area contributed by atoms with Crippen LogP contribution in [0.4, 0.5) is 0 Å². The molecule has 0 fully saturated rings. The molecule has 2 rings (SSSR count). The number of hydrogen-bond acceptors (Lipinski definition) is 3. The Morgan fingerprint density at radius 3 is 2.50 bits per heavy atom. The van der Waals surface area contributed by atoms with Crippen molar-refractivity contribution in [1.82, 2.24) is 4.72 Å². The normalized spacial score (nSPS) is 13.1. The van der Waals surface area contributed by atoms with Crippen molar-refractivity contribution in [1.29, 1.82) is 0 Å². The van der Waals surface area contributed by atoms with Gasteiger partial charge in [-0.3, -0.25) is 4.79 Å². The van der Waals surface area contributed by atoms with E-state index in [1.54, 1.807) is 6.07 Å². The molecule has 0 aliphatic heterocycles. The topological polar surface area (TPSA) is 83.5 Å². The van der Waals surface area contributed by atoms with Crippen LogP contribution in [-0.4, -0.2) is 25.5 Å². The molecule has 2 N–H and O–H groups in total. The maximum absolute atomic E-state index is 12.2. The zero-order valence-corrected chi connectivity index (χ0v) is 13.1. The molecule has 0 aliphatic carbocycles. The van der Waals surface area contributed by atoms with Crippen LogP contribution in [0, 0.1) is 0 Å². The summed E-state index contributed by atoms with van der Waals surface area (Å²) in [7, 11) is -3.70. The average molecular weight is 321 g/mol. The molecule has 0 aromatic heterocycles. The lowest BCUT2D eigenvalue weighted by Crippen LogP contribution is -2.41. The van der Waals surface area contributed by atoms with E-state index in [4.69, 9.17) is 5.11 Å². The van der Waals surface area contributed by atoms with Crippen LogP contribution >= 0.6 is 0 Å². The summed E-state index contributed by atoms with van der Waals surface area (Å²) >= 11 is 0. The standard InChI is InChI=1S/C16H19NO4S/c1-2-5-15(16(18)19)17-22(20,21)11-12-8-9-13-6-3-4-7-14(13)10-12/h3-4,6-10,15,17H,2,5,11H2,1H3,(H,18,19). The fourth-order valence-corrected chi connectivity index (χ4v) is 3.68. The quantitative estimate of drug-likeness (QED) is 0.821. The molecule has 0 bridgehead atoms. The minimum atomic E-state index is -3.70. The first-order valence-corrected chi connectivity index (χ1v) is 8.77. The second kappa shape index (κ2) is 6.89. The Hall–Kier alpha value is -1.92. The molecule has 6 heteroatoms. The number of carbonyl (C=O) groups is 1. The smallest absolute Gasteiger partial charge is 0.321 e. The largest absolute Gasteiger partial charge is 0.480 e. The zero-order valence-electron chi connectivity index (χ0n) is 12.3. The fraction of sp³-hybridized carbons (Fsp3) is 0.312. The highest BCUT2D eigenvalue weighted by molar-refractivity contribution is 7.88. The van der Waals surface area contributed by atoms with Gasteiger partial charge in [-0.2, -0.15) is 0 Å². The third kappa shape index (κ3) is 4.29.